The number of amides is 1. The lowest BCUT2D eigenvalue weighted by molar-refractivity contribution is -0.186. The van der Waals surface area contributed by atoms with Gasteiger partial charge < -0.3 is 4.90 Å². The molecule has 1 amide bonds. The molecule has 0 radical (unpaired) electrons. The SMILES string of the molecule is O=C=N[C@@H]1CCCN(C(=O)C(F)(F)F)C1. The maximum absolute atomic E-state index is 12.0. The van der Waals surface area contributed by atoms with E-state index in [1.807, 2.05) is 0 Å². The number of hydrogen-bond donors (Lipinski definition) is 0. The van der Waals surface area contributed by atoms with Gasteiger partial charge in [-0.3, -0.25) is 4.79 Å². The second-order valence-electron chi connectivity index (χ2n) is 3.27. The minimum absolute atomic E-state index is 0.0588. The third-order valence-corrected chi connectivity index (χ3v) is 2.16. The molecule has 0 aromatic carbocycles. The molecule has 1 fully saturated rings. The van der Waals surface area contributed by atoms with Crippen molar-refractivity contribution in [3.8, 4) is 0 Å². The molecule has 0 aliphatic carbocycles. The molecule has 0 spiro atoms. The van der Waals surface area contributed by atoms with Crippen molar-refractivity contribution in [1.29, 1.82) is 0 Å². The molecule has 4 nitrogen and oxygen atoms in total. The van der Waals surface area contributed by atoms with Gasteiger partial charge in [0.15, 0.2) is 0 Å². The summed E-state index contributed by atoms with van der Waals surface area (Å²) in [6, 6.07) is -0.553. The van der Waals surface area contributed by atoms with Gasteiger partial charge >= 0.3 is 12.1 Å². The number of piperidine rings is 1. The summed E-state index contributed by atoms with van der Waals surface area (Å²) < 4.78 is 36.1. The molecule has 0 saturated carbocycles. The third-order valence-electron chi connectivity index (χ3n) is 2.16. The van der Waals surface area contributed by atoms with Crippen LogP contribution < -0.4 is 0 Å². The number of likely N-dealkylation sites (tertiary alicyclic amines) is 1. The summed E-state index contributed by atoms with van der Waals surface area (Å²) in [6.45, 7) is -0.100. The average molecular weight is 222 g/mol. The third kappa shape index (κ3) is 3.06. The largest absolute Gasteiger partial charge is 0.471 e. The van der Waals surface area contributed by atoms with E-state index in [9.17, 15) is 22.8 Å². The Morgan fingerprint density at radius 1 is 1.47 bits per heavy atom. The predicted molar refractivity (Wildman–Crippen MR) is 43.8 cm³/mol. The Labute approximate surface area is 83.8 Å². The summed E-state index contributed by atoms with van der Waals surface area (Å²) >= 11 is 0. The average Bonchev–Trinajstić information content (AvgIpc) is 2.16. The fourth-order valence-electron chi connectivity index (χ4n) is 1.50. The van der Waals surface area contributed by atoms with E-state index in [1.54, 1.807) is 0 Å². The molecule has 0 aromatic heterocycles. The first-order chi connectivity index (χ1) is 6.95. The monoisotopic (exact) mass is 222 g/mol. The van der Waals surface area contributed by atoms with Gasteiger partial charge in [-0.15, -0.1) is 0 Å². The van der Waals surface area contributed by atoms with Crippen LogP contribution in [0.4, 0.5) is 13.2 Å². The smallest absolute Gasteiger partial charge is 0.333 e. The molecule has 84 valence electrons. The Morgan fingerprint density at radius 3 is 2.67 bits per heavy atom. The molecular weight excluding hydrogens is 213 g/mol. The maximum Gasteiger partial charge on any atom is 0.471 e. The Hall–Kier alpha value is -1.36. The van der Waals surface area contributed by atoms with Crippen molar-refractivity contribution in [1.82, 2.24) is 4.90 Å². The Kier molecular flexibility index (Phi) is 3.47. The first kappa shape index (κ1) is 11.7. The molecule has 1 saturated heterocycles. The van der Waals surface area contributed by atoms with Gasteiger partial charge in [0, 0.05) is 13.1 Å². The van der Waals surface area contributed by atoms with Gasteiger partial charge in [-0.25, -0.2) is 9.79 Å². The minimum atomic E-state index is -4.85. The van der Waals surface area contributed by atoms with Crippen molar-refractivity contribution in [2.75, 3.05) is 13.1 Å². The number of halogens is 3. The van der Waals surface area contributed by atoms with E-state index in [0.29, 0.717) is 17.7 Å². The highest BCUT2D eigenvalue weighted by Crippen LogP contribution is 2.22. The zero-order valence-electron chi connectivity index (χ0n) is 7.75. The molecule has 0 unspecified atom stereocenters. The van der Waals surface area contributed by atoms with Crippen molar-refractivity contribution < 1.29 is 22.8 Å². The van der Waals surface area contributed by atoms with Crippen LogP contribution in [0, 0.1) is 0 Å². The molecule has 7 heteroatoms. The number of aliphatic imine (C=N–C) groups is 1. The molecule has 0 N–H and O–H groups in total. The van der Waals surface area contributed by atoms with Crippen LogP contribution in [0.25, 0.3) is 0 Å². The zero-order valence-corrected chi connectivity index (χ0v) is 7.75. The summed E-state index contributed by atoms with van der Waals surface area (Å²) in [5.74, 6) is -1.87. The number of rotatable bonds is 1. The van der Waals surface area contributed by atoms with Crippen LogP contribution >= 0.6 is 0 Å². The highest BCUT2D eigenvalue weighted by atomic mass is 19.4. The fraction of sp³-hybridized carbons (Fsp3) is 0.750. The second kappa shape index (κ2) is 4.44. The van der Waals surface area contributed by atoms with Gasteiger partial charge in [0.25, 0.3) is 0 Å². The summed E-state index contributed by atoms with van der Waals surface area (Å²) in [6.07, 6.45) is -2.64. The quantitative estimate of drug-likeness (QED) is 0.488. The molecule has 1 atom stereocenters. The van der Waals surface area contributed by atoms with E-state index in [0.717, 1.165) is 0 Å². The molecule has 1 aliphatic heterocycles. The number of isocyanates is 1. The van der Waals surface area contributed by atoms with Crippen LogP contribution in [0.15, 0.2) is 4.99 Å². The van der Waals surface area contributed by atoms with Crippen molar-refractivity contribution in [2.45, 2.75) is 25.1 Å². The number of alkyl halides is 3. The van der Waals surface area contributed by atoms with Crippen LogP contribution in [0.2, 0.25) is 0 Å². The van der Waals surface area contributed by atoms with E-state index in [-0.39, 0.29) is 13.1 Å². The van der Waals surface area contributed by atoms with Crippen molar-refractivity contribution >= 4 is 12.0 Å². The molecule has 15 heavy (non-hydrogen) atoms. The molecule has 0 bridgehead atoms. The van der Waals surface area contributed by atoms with Gasteiger partial charge in [0.2, 0.25) is 6.08 Å². The van der Waals surface area contributed by atoms with Crippen molar-refractivity contribution in [3.63, 3.8) is 0 Å². The number of nitrogens with zero attached hydrogens (tertiary/aromatic N) is 2. The second-order valence-corrected chi connectivity index (χ2v) is 3.27. The topological polar surface area (TPSA) is 49.7 Å². The fourth-order valence-corrected chi connectivity index (χ4v) is 1.50. The number of carbonyl (C=O) groups excluding carboxylic acids is 2. The molecule has 1 rings (SSSR count). The first-order valence-corrected chi connectivity index (χ1v) is 4.38. The van der Waals surface area contributed by atoms with E-state index in [1.165, 1.54) is 6.08 Å². The van der Waals surface area contributed by atoms with Crippen LogP contribution in [-0.4, -0.2) is 42.2 Å². The van der Waals surface area contributed by atoms with E-state index >= 15 is 0 Å². The molecule has 1 heterocycles. The van der Waals surface area contributed by atoms with Crippen LogP contribution in [-0.2, 0) is 9.59 Å². The Balaban J connectivity index is 2.64. The highest BCUT2D eigenvalue weighted by Gasteiger charge is 2.43. The van der Waals surface area contributed by atoms with Gasteiger partial charge in [-0.2, -0.15) is 13.2 Å². The van der Waals surface area contributed by atoms with E-state index < -0.39 is 18.1 Å². The lowest BCUT2D eigenvalue weighted by Crippen LogP contribution is -2.47. The number of carbonyl (C=O) groups is 1. The van der Waals surface area contributed by atoms with Crippen LogP contribution in [0.3, 0.4) is 0 Å². The van der Waals surface area contributed by atoms with E-state index in [2.05, 4.69) is 4.99 Å². The Bertz CT molecular complexity index is 297. The lowest BCUT2D eigenvalue weighted by atomic mass is 10.1. The molecule has 0 aromatic rings. The molecule has 1 aliphatic rings. The van der Waals surface area contributed by atoms with Crippen LogP contribution in [0.1, 0.15) is 12.8 Å². The number of hydrogen-bond acceptors (Lipinski definition) is 3. The lowest BCUT2D eigenvalue weighted by Gasteiger charge is -2.30. The molecular formula is C8H9F3N2O2. The Morgan fingerprint density at radius 2 is 2.13 bits per heavy atom. The summed E-state index contributed by atoms with van der Waals surface area (Å²) in [7, 11) is 0. The minimum Gasteiger partial charge on any atom is -0.333 e. The summed E-state index contributed by atoms with van der Waals surface area (Å²) in [4.78, 5) is 24.8. The highest BCUT2D eigenvalue weighted by molar-refractivity contribution is 5.82. The van der Waals surface area contributed by atoms with Gasteiger partial charge in [0.1, 0.15) is 0 Å². The maximum atomic E-state index is 12.0. The van der Waals surface area contributed by atoms with Gasteiger partial charge in [0.05, 0.1) is 6.04 Å². The van der Waals surface area contributed by atoms with Gasteiger partial charge in [-0.05, 0) is 12.8 Å². The van der Waals surface area contributed by atoms with Crippen LogP contribution in [0.5, 0.6) is 0 Å². The normalized spacial score (nSPS) is 22.1. The first-order valence-electron chi connectivity index (χ1n) is 4.38. The summed E-state index contributed by atoms with van der Waals surface area (Å²) in [5, 5.41) is 0. The van der Waals surface area contributed by atoms with E-state index in [4.69, 9.17) is 0 Å². The van der Waals surface area contributed by atoms with Gasteiger partial charge in [-0.1, -0.05) is 0 Å². The zero-order chi connectivity index (χ0) is 11.5. The van der Waals surface area contributed by atoms with Crippen molar-refractivity contribution in [3.05, 3.63) is 0 Å². The predicted octanol–water partition coefficient (Wildman–Crippen LogP) is 0.876. The van der Waals surface area contributed by atoms with Crippen molar-refractivity contribution in [2.24, 2.45) is 4.99 Å². The summed E-state index contributed by atoms with van der Waals surface area (Å²) in [5.41, 5.74) is 0. The standard InChI is InChI=1S/C8H9F3N2O2/c9-8(10,11)7(15)13-3-1-2-6(4-13)12-5-14/h6H,1-4H2/t6-/m1/s1.